The van der Waals surface area contributed by atoms with Gasteiger partial charge in [0.25, 0.3) is 5.91 Å². The smallest absolute Gasteiger partial charge is 0.417 e. The minimum atomic E-state index is -4.65. The van der Waals surface area contributed by atoms with Gasteiger partial charge in [-0.1, -0.05) is 6.58 Å². The molecule has 0 spiro atoms. The van der Waals surface area contributed by atoms with Crippen LogP contribution in [0.4, 0.5) is 29.1 Å². The Morgan fingerprint density at radius 1 is 1.17 bits per heavy atom. The SMILES string of the molecule is C=C(F)C(=O)N1CCN(c2nc(OCC3CN(C)CCO3)nc3cc(-c4cc(N)ccc4C(F)(F)F)c4c(c23)OCC4)C[C@@H]1CC#N. The number of anilines is 2. The summed E-state index contributed by atoms with van der Waals surface area (Å²) in [6.07, 6.45) is -4.67. The number of hydrogen-bond acceptors (Lipinski definition) is 10. The van der Waals surface area contributed by atoms with E-state index < -0.39 is 29.5 Å². The van der Waals surface area contributed by atoms with Crippen LogP contribution in [0.5, 0.6) is 11.8 Å². The summed E-state index contributed by atoms with van der Waals surface area (Å²) >= 11 is 0. The minimum Gasteiger partial charge on any atom is -0.492 e. The summed E-state index contributed by atoms with van der Waals surface area (Å²) in [4.78, 5) is 27.1. The fourth-order valence-corrected chi connectivity index (χ4v) is 6.38. The van der Waals surface area contributed by atoms with Crippen LogP contribution >= 0.6 is 0 Å². The number of nitriles is 1. The molecule has 2 atom stereocenters. The molecule has 0 bridgehead atoms. The number of aromatic nitrogens is 2. The largest absolute Gasteiger partial charge is 0.492 e. The number of nitrogens with zero attached hydrogens (tertiary/aromatic N) is 6. The lowest BCUT2D eigenvalue weighted by atomic mass is 9.91. The molecule has 6 rings (SSSR count). The van der Waals surface area contributed by atoms with E-state index in [0.29, 0.717) is 42.1 Å². The molecular weight excluding hydrogens is 622 g/mol. The van der Waals surface area contributed by atoms with Crippen LogP contribution in [-0.4, -0.2) is 97.4 Å². The average molecular weight is 656 g/mol. The van der Waals surface area contributed by atoms with Crippen LogP contribution in [0.15, 0.2) is 36.7 Å². The molecule has 2 N–H and O–H groups in total. The Hall–Kier alpha value is -4.68. The maximum atomic E-state index is 14.2. The summed E-state index contributed by atoms with van der Waals surface area (Å²) < 4.78 is 74.5. The molecule has 0 saturated carbocycles. The minimum absolute atomic E-state index is 0.0377. The van der Waals surface area contributed by atoms with E-state index in [4.69, 9.17) is 24.9 Å². The third kappa shape index (κ3) is 6.48. The Morgan fingerprint density at radius 2 is 1.98 bits per heavy atom. The lowest BCUT2D eigenvalue weighted by Crippen LogP contribution is -2.55. The Labute approximate surface area is 268 Å². The zero-order valence-corrected chi connectivity index (χ0v) is 25.6. The van der Waals surface area contributed by atoms with Gasteiger partial charge in [0, 0.05) is 50.4 Å². The molecule has 4 heterocycles. The van der Waals surface area contributed by atoms with E-state index in [2.05, 4.69) is 22.5 Å². The van der Waals surface area contributed by atoms with Gasteiger partial charge in [-0.05, 0) is 42.4 Å². The standard InChI is InChI=1S/C32H33F4N7O4/c1-18(33)30(44)43-9-8-42(15-20(43)5-7-37)29-27-26(39-31(40-29)47-17-21-16-41(2)10-12-45-21)14-23(22-6-11-46-28(22)27)24-13-19(38)3-4-25(24)32(34,35)36/h3-4,13-14,20-21H,1,5-6,8-12,15-17,38H2,2H3/t20-,21?/m0/s1. The Morgan fingerprint density at radius 3 is 2.70 bits per heavy atom. The van der Waals surface area contributed by atoms with Gasteiger partial charge >= 0.3 is 12.2 Å². The molecule has 1 amide bonds. The van der Waals surface area contributed by atoms with Gasteiger partial charge in [0.2, 0.25) is 0 Å². The number of piperazine rings is 1. The molecule has 3 aromatic rings. The summed E-state index contributed by atoms with van der Waals surface area (Å²) in [5.74, 6) is -1.33. The Bertz CT molecular complexity index is 1760. The Balaban J connectivity index is 1.49. The quantitative estimate of drug-likeness (QED) is 0.227. The molecule has 11 nitrogen and oxygen atoms in total. The number of carbonyl (C=O) groups excluding carboxylic acids is 1. The summed E-state index contributed by atoms with van der Waals surface area (Å²) in [6, 6.07) is 6.35. The molecule has 47 heavy (non-hydrogen) atoms. The summed E-state index contributed by atoms with van der Waals surface area (Å²) in [5, 5.41) is 9.96. The van der Waals surface area contributed by atoms with E-state index in [1.807, 2.05) is 11.9 Å². The molecule has 15 heteroatoms. The molecule has 1 aromatic heterocycles. The first-order valence-corrected chi connectivity index (χ1v) is 15.1. The van der Waals surface area contributed by atoms with Crippen LogP contribution in [0.2, 0.25) is 0 Å². The van der Waals surface area contributed by atoms with Gasteiger partial charge in [-0.2, -0.15) is 28.4 Å². The van der Waals surface area contributed by atoms with Crippen LogP contribution in [0.1, 0.15) is 17.5 Å². The molecule has 2 fully saturated rings. The second-order valence-corrected chi connectivity index (χ2v) is 11.8. The topological polar surface area (TPSA) is 130 Å². The molecule has 1 unspecified atom stereocenters. The van der Waals surface area contributed by atoms with Crippen molar-refractivity contribution in [2.24, 2.45) is 0 Å². The number of morpholine rings is 1. The summed E-state index contributed by atoms with van der Waals surface area (Å²) in [5.41, 5.74) is 6.28. The van der Waals surface area contributed by atoms with Gasteiger partial charge in [0.05, 0.1) is 48.2 Å². The number of ether oxygens (including phenoxy) is 3. The maximum Gasteiger partial charge on any atom is 0.417 e. The molecule has 0 aliphatic carbocycles. The van der Waals surface area contributed by atoms with Gasteiger partial charge in [-0.15, -0.1) is 0 Å². The van der Waals surface area contributed by atoms with E-state index in [-0.39, 0.29) is 73.7 Å². The number of rotatable bonds is 7. The molecule has 0 radical (unpaired) electrons. The first-order valence-electron chi connectivity index (χ1n) is 15.1. The number of halogens is 4. The van der Waals surface area contributed by atoms with Crippen molar-refractivity contribution in [3.8, 4) is 29.0 Å². The predicted octanol–water partition coefficient (Wildman–Crippen LogP) is 3.96. The number of amides is 1. The normalized spacial score (nSPS) is 20.1. The number of carbonyl (C=O) groups is 1. The molecular formula is C32H33F4N7O4. The fourth-order valence-electron chi connectivity index (χ4n) is 6.38. The lowest BCUT2D eigenvalue weighted by molar-refractivity contribution is -0.137. The van der Waals surface area contributed by atoms with Crippen molar-refractivity contribution in [2.45, 2.75) is 31.2 Å². The summed E-state index contributed by atoms with van der Waals surface area (Å²) in [6.45, 7) is 5.75. The first kappa shape index (κ1) is 32.3. The number of alkyl halides is 3. The second-order valence-electron chi connectivity index (χ2n) is 11.8. The van der Waals surface area contributed by atoms with Gasteiger partial charge in [-0.25, -0.2) is 4.39 Å². The van der Waals surface area contributed by atoms with Crippen molar-refractivity contribution in [1.29, 1.82) is 5.26 Å². The highest BCUT2D eigenvalue weighted by molar-refractivity contribution is 6.01. The molecule has 3 aliphatic rings. The zero-order chi connectivity index (χ0) is 33.5. The van der Waals surface area contributed by atoms with Crippen LogP contribution in [0.25, 0.3) is 22.0 Å². The number of likely N-dealkylation sites (N-methyl/N-ethyl adjacent to an activating group) is 1. The van der Waals surface area contributed by atoms with Crippen LogP contribution in [0, 0.1) is 11.3 Å². The van der Waals surface area contributed by atoms with E-state index in [1.165, 1.54) is 17.0 Å². The van der Waals surface area contributed by atoms with Gasteiger partial charge in [0.15, 0.2) is 5.83 Å². The maximum absolute atomic E-state index is 14.2. The van der Waals surface area contributed by atoms with Crippen molar-refractivity contribution in [3.63, 3.8) is 0 Å². The fraction of sp³-hybridized carbons (Fsp3) is 0.438. The van der Waals surface area contributed by atoms with Crippen molar-refractivity contribution in [1.82, 2.24) is 19.8 Å². The van der Waals surface area contributed by atoms with Crippen molar-refractivity contribution < 1.29 is 36.6 Å². The molecule has 248 valence electrons. The van der Waals surface area contributed by atoms with Gasteiger partial charge in [0.1, 0.15) is 24.3 Å². The predicted molar refractivity (Wildman–Crippen MR) is 165 cm³/mol. The highest BCUT2D eigenvalue weighted by Gasteiger charge is 2.37. The zero-order valence-electron chi connectivity index (χ0n) is 25.6. The van der Waals surface area contributed by atoms with Crippen LogP contribution < -0.4 is 20.1 Å². The molecule has 3 aliphatic heterocycles. The van der Waals surface area contributed by atoms with E-state index >= 15 is 0 Å². The number of nitrogen functional groups attached to an aromatic ring is 1. The van der Waals surface area contributed by atoms with Crippen molar-refractivity contribution in [3.05, 3.63) is 47.8 Å². The third-order valence-electron chi connectivity index (χ3n) is 8.58. The third-order valence-corrected chi connectivity index (χ3v) is 8.58. The molecule has 2 aromatic carbocycles. The van der Waals surface area contributed by atoms with Crippen LogP contribution in [0.3, 0.4) is 0 Å². The van der Waals surface area contributed by atoms with Gasteiger partial charge < -0.3 is 34.6 Å². The number of hydrogen-bond donors (Lipinski definition) is 1. The highest BCUT2D eigenvalue weighted by atomic mass is 19.4. The summed E-state index contributed by atoms with van der Waals surface area (Å²) in [7, 11) is 1.97. The van der Waals surface area contributed by atoms with Crippen molar-refractivity contribution >= 4 is 28.3 Å². The lowest BCUT2D eigenvalue weighted by Gasteiger charge is -2.41. The highest BCUT2D eigenvalue weighted by Crippen LogP contribution is 2.47. The van der Waals surface area contributed by atoms with E-state index in [0.717, 1.165) is 12.6 Å². The van der Waals surface area contributed by atoms with E-state index in [9.17, 15) is 27.6 Å². The van der Waals surface area contributed by atoms with Gasteiger partial charge in [-0.3, -0.25) is 4.79 Å². The number of nitrogens with two attached hydrogens (primary N) is 1. The first-order chi connectivity index (χ1) is 22.4. The van der Waals surface area contributed by atoms with Crippen molar-refractivity contribution in [2.75, 3.05) is 70.2 Å². The van der Waals surface area contributed by atoms with Crippen LogP contribution in [-0.2, 0) is 22.1 Å². The monoisotopic (exact) mass is 655 g/mol. The number of benzene rings is 2. The Kier molecular flexibility index (Phi) is 8.82. The number of fused-ring (bicyclic) bond motifs is 3. The molecule has 2 saturated heterocycles. The average Bonchev–Trinajstić information content (AvgIpc) is 3.52. The second kappa shape index (κ2) is 12.8. The van der Waals surface area contributed by atoms with E-state index in [1.54, 1.807) is 6.07 Å².